The number of hydrogen-bond donors (Lipinski definition) is 1. The van der Waals surface area contributed by atoms with Crippen molar-refractivity contribution in [1.82, 2.24) is 9.78 Å². The molecular formula is C18H23N3O5. The van der Waals surface area contributed by atoms with Crippen LogP contribution in [0.25, 0.3) is 0 Å². The Bertz CT molecular complexity index is 800. The average molecular weight is 361 g/mol. The standard InChI is InChI=1S/C18H23N3O5/c1-11-17(12(2)21(4)20-11)19-18(23)13(3)26-16(22)10-25-15-9-7-6-8-14(15)24-5/h6-9,13H,10H2,1-5H3,(H,19,23). The largest absolute Gasteiger partial charge is 0.493 e. The van der Waals surface area contributed by atoms with Gasteiger partial charge in [-0.3, -0.25) is 9.48 Å². The molecule has 8 nitrogen and oxygen atoms in total. The summed E-state index contributed by atoms with van der Waals surface area (Å²) < 4.78 is 17.3. The number of nitrogens with one attached hydrogen (secondary N) is 1. The van der Waals surface area contributed by atoms with Crippen LogP contribution in [0.2, 0.25) is 0 Å². The van der Waals surface area contributed by atoms with E-state index in [0.717, 1.165) is 5.69 Å². The van der Waals surface area contributed by atoms with Crippen LogP contribution in [0.5, 0.6) is 11.5 Å². The van der Waals surface area contributed by atoms with Crippen molar-refractivity contribution in [2.24, 2.45) is 7.05 Å². The van der Waals surface area contributed by atoms with E-state index in [0.29, 0.717) is 22.9 Å². The molecule has 0 aliphatic rings. The number of rotatable bonds is 7. The molecule has 1 aromatic carbocycles. The van der Waals surface area contributed by atoms with E-state index in [1.807, 2.05) is 6.92 Å². The maximum Gasteiger partial charge on any atom is 0.344 e. The first-order chi connectivity index (χ1) is 12.3. The van der Waals surface area contributed by atoms with Crippen LogP contribution >= 0.6 is 0 Å². The van der Waals surface area contributed by atoms with E-state index in [2.05, 4.69) is 10.4 Å². The van der Waals surface area contributed by atoms with Crippen LogP contribution in [0.15, 0.2) is 24.3 Å². The molecule has 1 unspecified atom stereocenters. The molecule has 2 rings (SSSR count). The van der Waals surface area contributed by atoms with Crippen molar-refractivity contribution < 1.29 is 23.8 Å². The van der Waals surface area contributed by atoms with Crippen LogP contribution in [0.4, 0.5) is 5.69 Å². The highest BCUT2D eigenvalue weighted by atomic mass is 16.6. The third-order valence-electron chi connectivity index (χ3n) is 3.85. The summed E-state index contributed by atoms with van der Waals surface area (Å²) in [6.45, 7) is 4.80. The molecule has 0 saturated heterocycles. The summed E-state index contributed by atoms with van der Waals surface area (Å²) in [5.74, 6) is -0.160. The third-order valence-corrected chi connectivity index (χ3v) is 3.85. The van der Waals surface area contributed by atoms with Crippen molar-refractivity contribution in [3.63, 3.8) is 0 Å². The molecule has 0 fully saturated rings. The van der Waals surface area contributed by atoms with Crippen molar-refractivity contribution in [3.8, 4) is 11.5 Å². The second-order valence-corrected chi connectivity index (χ2v) is 5.73. The lowest BCUT2D eigenvalue weighted by Crippen LogP contribution is -2.32. The highest BCUT2D eigenvalue weighted by Gasteiger charge is 2.21. The van der Waals surface area contributed by atoms with Gasteiger partial charge < -0.3 is 19.5 Å². The Kier molecular flexibility index (Phi) is 6.21. The van der Waals surface area contributed by atoms with Gasteiger partial charge in [0.1, 0.15) is 0 Å². The fourth-order valence-electron chi connectivity index (χ4n) is 2.34. The van der Waals surface area contributed by atoms with Crippen molar-refractivity contribution in [3.05, 3.63) is 35.7 Å². The maximum absolute atomic E-state index is 12.3. The maximum atomic E-state index is 12.3. The van der Waals surface area contributed by atoms with Gasteiger partial charge in [0.25, 0.3) is 5.91 Å². The summed E-state index contributed by atoms with van der Waals surface area (Å²) in [5, 5.41) is 6.96. The monoisotopic (exact) mass is 361 g/mol. The SMILES string of the molecule is COc1ccccc1OCC(=O)OC(C)C(=O)Nc1c(C)nn(C)c1C. The number of carbonyl (C=O) groups is 2. The highest BCUT2D eigenvalue weighted by Crippen LogP contribution is 2.25. The molecule has 0 saturated carbocycles. The minimum absolute atomic E-state index is 0.330. The number of methoxy groups -OCH3 is 1. The van der Waals surface area contributed by atoms with Crippen LogP contribution in [0, 0.1) is 13.8 Å². The molecule has 8 heteroatoms. The van der Waals surface area contributed by atoms with E-state index in [-0.39, 0.29) is 6.61 Å². The van der Waals surface area contributed by atoms with Crippen molar-refractivity contribution in [1.29, 1.82) is 0 Å². The van der Waals surface area contributed by atoms with Gasteiger partial charge in [0.15, 0.2) is 24.2 Å². The Morgan fingerprint density at radius 1 is 1.23 bits per heavy atom. The lowest BCUT2D eigenvalue weighted by molar-refractivity contribution is -0.155. The zero-order valence-corrected chi connectivity index (χ0v) is 15.5. The third kappa shape index (κ3) is 4.53. The van der Waals surface area contributed by atoms with Crippen molar-refractivity contribution >= 4 is 17.6 Å². The molecule has 1 N–H and O–H groups in total. The molecule has 0 bridgehead atoms. The zero-order chi connectivity index (χ0) is 19.3. The second kappa shape index (κ2) is 8.37. The summed E-state index contributed by atoms with van der Waals surface area (Å²) >= 11 is 0. The number of para-hydroxylation sites is 2. The van der Waals surface area contributed by atoms with Crippen LogP contribution in [-0.4, -0.2) is 41.5 Å². The fourth-order valence-corrected chi connectivity index (χ4v) is 2.34. The van der Waals surface area contributed by atoms with Gasteiger partial charge in [-0.15, -0.1) is 0 Å². The number of aromatic nitrogens is 2. The molecule has 26 heavy (non-hydrogen) atoms. The summed E-state index contributed by atoms with van der Waals surface area (Å²) in [7, 11) is 3.30. The van der Waals surface area contributed by atoms with E-state index in [1.54, 1.807) is 42.9 Å². The van der Waals surface area contributed by atoms with Crippen LogP contribution in [-0.2, 0) is 21.4 Å². The first-order valence-electron chi connectivity index (χ1n) is 8.09. The Labute approximate surface area is 152 Å². The summed E-state index contributed by atoms with van der Waals surface area (Å²) in [6, 6.07) is 6.95. The predicted molar refractivity (Wildman–Crippen MR) is 95.4 cm³/mol. The van der Waals surface area contributed by atoms with Crippen molar-refractivity contribution in [2.45, 2.75) is 26.9 Å². The van der Waals surface area contributed by atoms with Gasteiger partial charge in [0, 0.05) is 7.05 Å². The topological polar surface area (TPSA) is 91.7 Å². The number of aryl methyl sites for hydroxylation is 2. The Morgan fingerprint density at radius 3 is 2.46 bits per heavy atom. The van der Waals surface area contributed by atoms with E-state index in [1.165, 1.54) is 14.0 Å². The number of esters is 1. The molecule has 0 aliphatic carbocycles. The quantitative estimate of drug-likeness (QED) is 0.759. The molecule has 0 spiro atoms. The van der Waals surface area contributed by atoms with Gasteiger partial charge in [0.05, 0.1) is 24.2 Å². The van der Waals surface area contributed by atoms with Gasteiger partial charge >= 0.3 is 5.97 Å². The molecule has 0 radical (unpaired) electrons. The minimum atomic E-state index is -0.970. The van der Waals surface area contributed by atoms with Crippen LogP contribution < -0.4 is 14.8 Å². The normalized spacial score (nSPS) is 11.6. The first-order valence-corrected chi connectivity index (χ1v) is 8.09. The number of ether oxygens (including phenoxy) is 3. The predicted octanol–water partition coefficient (Wildman–Crippen LogP) is 1.99. The number of hydrogen-bond acceptors (Lipinski definition) is 6. The summed E-state index contributed by atoms with van der Waals surface area (Å²) in [6.07, 6.45) is -0.970. The Morgan fingerprint density at radius 2 is 1.88 bits per heavy atom. The zero-order valence-electron chi connectivity index (χ0n) is 15.5. The van der Waals surface area contributed by atoms with Gasteiger partial charge in [0.2, 0.25) is 0 Å². The van der Waals surface area contributed by atoms with Crippen LogP contribution in [0.1, 0.15) is 18.3 Å². The first kappa shape index (κ1) is 19.3. The minimum Gasteiger partial charge on any atom is -0.493 e. The van der Waals surface area contributed by atoms with E-state index < -0.39 is 18.0 Å². The molecule has 1 aromatic heterocycles. The number of benzene rings is 1. The van der Waals surface area contributed by atoms with E-state index in [4.69, 9.17) is 14.2 Å². The smallest absolute Gasteiger partial charge is 0.344 e. The van der Waals surface area contributed by atoms with Gasteiger partial charge in [-0.1, -0.05) is 12.1 Å². The number of anilines is 1. The molecule has 0 aliphatic heterocycles. The summed E-state index contributed by atoms with van der Waals surface area (Å²) in [5.41, 5.74) is 2.12. The van der Waals surface area contributed by atoms with Gasteiger partial charge in [-0.05, 0) is 32.9 Å². The van der Waals surface area contributed by atoms with E-state index in [9.17, 15) is 9.59 Å². The number of nitrogens with zero attached hydrogens (tertiary/aromatic N) is 2. The van der Waals surface area contributed by atoms with E-state index >= 15 is 0 Å². The Hall–Kier alpha value is -3.03. The van der Waals surface area contributed by atoms with Crippen LogP contribution in [0.3, 0.4) is 0 Å². The fraction of sp³-hybridized carbons (Fsp3) is 0.389. The molecule has 1 amide bonds. The molecular weight excluding hydrogens is 338 g/mol. The average Bonchev–Trinajstić information content (AvgIpc) is 2.86. The lowest BCUT2D eigenvalue weighted by Gasteiger charge is -2.14. The molecule has 140 valence electrons. The molecule has 2 aromatic rings. The second-order valence-electron chi connectivity index (χ2n) is 5.73. The Balaban J connectivity index is 1.89. The molecule has 1 atom stereocenters. The number of carbonyl (C=O) groups excluding carboxylic acids is 2. The summed E-state index contributed by atoms with van der Waals surface area (Å²) in [4.78, 5) is 24.2. The number of amides is 1. The van der Waals surface area contributed by atoms with Gasteiger partial charge in [-0.25, -0.2) is 4.79 Å². The van der Waals surface area contributed by atoms with Gasteiger partial charge in [-0.2, -0.15) is 5.10 Å². The highest BCUT2D eigenvalue weighted by molar-refractivity contribution is 5.96. The lowest BCUT2D eigenvalue weighted by atomic mass is 10.3. The van der Waals surface area contributed by atoms with Crippen molar-refractivity contribution in [2.75, 3.05) is 19.0 Å². The molecule has 1 heterocycles.